The number of nitrogens with zero attached hydrogens (tertiary/aromatic N) is 14. The van der Waals surface area contributed by atoms with Gasteiger partial charge >= 0.3 is 0 Å². The Hall–Kier alpha value is -8.16. The molecule has 1 amide bonds. The summed E-state index contributed by atoms with van der Waals surface area (Å²) in [6, 6.07) is 15.0. The molecule has 0 spiro atoms. The van der Waals surface area contributed by atoms with Crippen molar-refractivity contribution in [3.05, 3.63) is 166 Å². The number of aromatic nitrogens is 12. The molecule has 0 bridgehead atoms. The summed E-state index contributed by atoms with van der Waals surface area (Å²) in [4.78, 5) is 53.6. The first kappa shape index (κ1) is 66.1. The number of halogens is 9. The molecule has 0 radical (unpaired) electrons. The topological polar surface area (TPSA) is 237 Å². The lowest BCUT2D eigenvalue weighted by atomic mass is 9.87. The van der Waals surface area contributed by atoms with Crippen LogP contribution in [0.4, 0.5) is 0 Å². The van der Waals surface area contributed by atoms with Crippen LogP contribution in [0.15, 0.2) is 118 Å². The van der Waals surface area contributed by atoms with Crippen LogP contribution in [0, 0.1) is 32.6 Å². The Balaban J connectivity index is 0.000000148. The smallest absolute Gasteiger partial charge is 0.278 e. The van der Waals surface area contributed by atoms with Crippen molar-refractivity contribution in [3.8, 4) is 86.2 Å². The van der Waals surface area contributed by atoms with Crippen molar-refractivity contribution in [3.63, 3.8) is 0 Å². The molecular formula is C70H63Cl9N14O8. The van der Waals surface area contributed by atoms with Crippen LogP contribution < -0.4 is 14.2 Å². The Morgan fingerprint density at radius 3 is 1.23 bits per heavy atom. The number of Topliss-reactive ketones (excluding diaryl/α,β-unsaturated/α-hetero) is 1. The van der Waals surface area contributed by atoms with Gasteiger partial charge in [0, 0.05) is 117 Å². The van der Waals surface area contributed by atoms with Gasteiger partial charge in [0.1, 0.15) is 52.3 Å². The fraction of sp³-hybridized carbons (Fsp3) is 0.300. The number of likely N-dealkylation sites (N-methyl/N-ethyl adjacent to an activating group) is 2. The van der Waals surface area contributed by atoms with Crippen LogP contribution in [-0.2, 0) is 9.59 Å². The first-order valence-corrected chi connectivity index (χ1v) is 34.2. The van der Waals surface area contributed by atoms with Crippen LogP contribution in [0.25, 0.3) is 85.9 Å². The predicted molar refractivity (Wildman–Crippen MR) is 391 cm³/mol. The minimum absolute atomic E-state index is 0. The van der Waals surface area contributed by atoms with Gasteiger partial charge in [-0.1, -0.05) is 148 Å². The third kappa shape index (κ3) is 15.8. The summed E-state index contributed by atoms with van der Waals surface area (Å²) >= 11 is 57.9. The van der Waals surface area contributed by atoms with Gasteiger partial charge in [-0.15, -0.1) is 0 Å². The van der Waals surface area contributed by atoms with Crippen molar-refractivity contribution in [2.45, 2.75) is 98.9 Å². The van der Waals surface area contributed by atoms with Crippen molar-refractivity contribution < 1.29 is 44.2 Å². The fourth-order valence-electron chi connectivity index (χ4n) is 11.5. The van der Waals surface area contributed by atoms with Crippen LogP contribution in [0.1, 0.15) is 83.3 Å². The lowest BCUT2D eigenvalue weighted by molar-refractivity contribution is -0.139. The number of piperidine rings is 2. The average Bonchev–Trinajstić information content (AvgIpc) is 1.49. The van der Waals surface area contributed by atoms with E-state index in [0.29, 0.717) is 141 Å². The summed E-state index contributed by atoms with van der Waals surface area (Å²) in [5, 5.41) is 15.4. The molecule has 15 rings (SSSR count). The van der Waals surface area contributed by atoms with Crippen LogP contribution in [0.5, 0.6) is 17.2 Å². The number of rotatable bonds is 12. The summed E-state index contributed by atoms with van der Waals surface area (Å²) < 4.78 is 79.2. The summed E-state index contributed by atoms with van der Waals surface area (Å²) in [5.41, 5.74) is 8.02. The van der Waals surface area contributed by atoms with Gasteiger partial charge in [0.2, 0.25) is 23.4 Å². The molecule has 11 heterocycles. The van der Waals surface area contributed by atoms with Gasteiger partial charge < -0.3 is 50.8 Å². The second kappa shape index (κ2) is 30.0. The second-order valence-electron chi connectivity index (χ2n) is 24.3. The number of allylic oxidation sites excluding steroid dienone is 1. The monoisotopic (exact) mass is 1550 g/mol. The molecule has 2 aliphatic heterocycles. The molecule has 2 saturated heterocycles. The van der Waals surface area contributed by atoms with E-state index >= 15 is 0 Å². The van der Waals surface area contributed by atoms with E-state index in [0.717, 1.165) is 16.7 Å². The van der Waals surface area contributed by atoms with Crippen molar-refractivity contribution in [2.75, 3.05) is 27.1 Å². The molecule has 3 fully saturated rings. The number of imidazole rings is 3. The number of likely N-dealkylation sites (tertiary alicyclic amines) is 2. The molecular weight excluding hydrogens is 1480 g/mol. The molecule has 9 aromatic heterocycles. The second-order valence-corrected chi connectivity index (χ2v) is 27.9. The quantitative estimate of drug-likeness (QED) is 0.110. The van der Waals surface area contributed by atoms with Gasteiger partial charge in [0.15, 0.2) is 16.9 Å². The zero-order valence-corrected chi connectivity index (χ0v) is 60.5. The summed E-state index contributed by atoms with van der Waals surface area (Å²) in [6.45, 7) is 11.1. The van der Waals surface area contributed by atoms with E-state index in [1.807, 2.05) is 57.6 Å². The number of hydrogen-bond acceptors (Lipinski definition) is 18. The lowest BCUT2D eigenvalue weighted by Crippen LogP contribution is -2.46. The molecule has 3 aromatic carbocycles. The average molecular weight is 1550 g/mol. The van der Waals surface area contributed by atoms with Gasteiger partial charge in [0.05, 0.1) is 64.4 Å². The number of fused-ring (bicyclic) bond motifs is 3. The Morgan fingerprint density at radius 1 is 0.475 bits per heavy atom. The molecule has 1 aliphatic carbocycles. The zero-order chi connectivity index (χ0) is 75.0. The molecule has 2 unspecified atom stereocenters. The maximum Gasteiger partial charge on any atom is 0.278 e. The zero-order valence-electron chi connectivity index (χ0n) is 58.7. The Morgan fingerprint density at radius 2 is 0.842 bits per heavy atom. The van der Waals surface area contributed by atoms with E-state index in [1.165, 1.54) is 9.80 Å². The molecule has 1 saturated carbocycles. The molecule has 22 nitrogen and oxygen atoms in total. The van der Waals surface area contributed by atoms with Crippen LogP contribution in [-0.4, -0.2) is 125 Å². The predicted octanol–water partition coefficient (Wildman–Crippen LogP) is 19.0. The standard InChI is InChI=1S/C23H20Cl3N5O3.C23H20Cl3N5O2.C23H19Cl3N4O3.CH4/c1-11-4-17(26)21-27-18(10-31(21)8-11)22-28-20(29-34-22)14-6-16(25)19(7-15(14)24)33-13-5-12(2)23(32)30(3)9-13;1-12-6-18(26)22-27-19(11-31(22)9-12)23-28-21(29-33-23)15-7-17(25)20(8-16(15)24)32-14-5-4-13(2)30(3)10-14;1-11-5-17(26)22-27-18(10-30(22)9-11)23-28-21(29-33-23)14-7-16(25)20(8-15(14)24)32-13-3-4-19(31)12(2)6-13;/h4,6-8,10,12-13H,5,9H2,1-3H3;6-9,11,14H,2,4-5,10H2,1,3H3;5,7-10,12-13H,3-4,6H2,1-2H3;1H4/t12?,13-;14-;12?,13-;/m110./s1/i12D;3D3;12D;. The number of aryl methyl sites for hydroxylation is 3. The van der Waals surface area contributed by atoms with E-state index < -0.39 is 31.0 Å². The molecule has 12 aromatic rings. The summed E-state index contributed by atoms with van der Waals surface area (Å²) in [6.07, 6.45) is 12.3. The number of ether oxygens (including phenoxy) is 3. The third-order valence-electron chi connectivity index (χ3n) is 16.5. The fourth-order valence-corrected chi connectivity index (χ4v) is 13.8. The Kier molecular flexibility index (Phi) is 19.7. The van der Waals surface area contributed by atoms with Gasteiger partial charge in [-0.05, 0) is 106 Å². The van der Waals surface area contributed by atoms with E-state index in [9.17, 15) is 9.59 Å². The summed E-state index contributed by atoms with van der Waals surface area (Å²) in [7, 11) is 1.65. The minimum atomic E-state index is -2.29. The van der Waals surface area contributed by atoms with Crippen molar-refractivity contribution >= 4 is 133 Å². The van der Waals surface area contributed by atoms with Gasteiger partial charge in [-0.25, -0.2) is 15.0 Å². The van der Waals surface area contributed by atoms with Gasteiger partial charge in [-0.3, -0.25) is 9.59 Å². The summed E-state index contributed by atoms with van der Waals surface area (Å²) in [5.74, 6) is -0.384. The molecule has 524 valence electrons. The Labute approximate surface area is 631 Å². The highest BCUT2D eigenvalue weighted by molar-refractivity contribution is 6.38. The maximum absolute atomic E-state index is 12.2. The number of amides is 1. The van der Waals surface area contributed by atoms with E-state index in [-0.39, 0.29) is 89.8 Å². The first-order valence-electron chi connectivity index (χ1n) is 33.3. The lowest BCUT2D eigenvalue weighted by Gasteiger charge is -2.33. The molecule has 101 heavy (non-hydrogen) atoms. The number of carbonyl (C=O) groups is 2. The van der Waals surface area contributed by atoms with Gasteiger partial charge in [-0.2, -0.15) is 15.0 Å². The SMILES string of the molecule is C.[2H]C([2H])([2H])N1C[C@H](Oc2cc(Cl)c(-c3noc(-c4cn5cc(C)cc(Cl)c5n4)n3)cc2Cl)CCC1=C.[2H]C1(C)C[C@@H](Oc2cc(Cl)c(-c3noc(-c4cn5cc(C)cc(Cl)c5n4)n3)cc2Cl)CCC1=O.[2H]C1(C)C[C@@H](Oc2cc(Cl)c(-c3noc(-c4cn5cc(C)cc(Cl)c5n4)n3)cc2Cl)CN(C)C1=O. The largest absolute Gasteiger partial charge is 0.489 e. The molecule has 0 N–H and O–H groups in total. The number of hydrogen-bond donors (Lipinski definition) is 0. The first-order chi connectivity index (χ1) is 49.6. The van der Waals surface area contributed by atoms with Crippen molar-refractivity contribution in [1.29, 1.82) is 0 Å². The van der Waals surface area contributed by atoms with Crippen LogP contribution in [0.3, 0.4) is 0 Å². The van der Waals surface area contributed by atoms with Crippen LogP contribution in [0.2, 0.25) is 45.2 Å². The van der Waals surface area contributed by atoms with Crippen LogP contribution >= 0.6 is 104 Å². The van der Waals surface area contributed by atoms with Crippen molar-refractivity contribution in [2.24, 2.45) is 11.8 Å². The van der Waals surface area contributed by atoms with E-state index in [2.05, 4.69) is 52.0 Å². The van der Waals surface area contributed by atoms with Crippen molar-refractivity contribution in [1.82, 2.24) is 68.4 Å². The highest BCUT2D eigenvalue weighted by Crippen LogP contribution is 2.42. The highest BCUT2D eigenvalue weighted by atomic mass is 35.5. The maximum atomic E-state index is 12.2. The highest BCUT2D eigenvalue weighted by Gasteiger charge is 2.33. The Bertz CT molecular complexity index is 5430. The third-order valence-corrected chi connectivity index (χ3v) is 19.1. The number of carbonyl (C=O) groups excluding carboxylic acids is 2. The molecule has 5 atom stereocenters. The van der Waals surface area contributed by atoms with Gasteiger partial charge in [0.25, 0.3) is 17.7 Å². The molecule has 3 aliphatic rings. The minimum Gasteiger partial charge on any atom is -0.489 e. The molecule has 31 heteroatoms. The number of ketones is 1. The normalized spacial score (nSPS) is 20.1. The van der Waals surface area contributed by atoms with E-state index in [4.69, 9.17) is 139 Å². The van der Waals surface area contributed by atoms with E-state index in [1.54, 1.807) is 89.1 Å². The number of pyridine rings is 3. The number of benzene rings is 3.